The highest BCUT2D eigenvalue weighted by atomic mass is 16.5. The monoisotopic (exact) mass is 871 g/mol. The summed E-state index contributed by atoms with van der Waals surface area (Å²) in [5.41, 5.74) is 0. The molecule has 0 radical (unpaired) electrons. The molecule has 0 aromatic heterocycles. The number of unbranched alkanes of at least 4 members (excludes halogenated alkanes) is 32. The zero-order valence-corrected chi connectivity index (χ0v) is 40.2. The third-order valence-electron chi connectivity index (χ3n) is 13.3. The Morgan fingerprint density at radius 1 is 0.541 bits per heavy atom. The number of aliphatic hydroxyl groups is 5. The number of hydrogen-bond donors (Lipinski definition) is 7. The quantitative estimate of drug-likeness (QED) is 0.0298. The lowest BCUT2D eigenvalue weighted by Gasteiger charge is -2.40. The predicted molar refractivity (Wildman–Crippen MR) is 253 cm³/mol. The van der Waals surface area contributed by atoms with Crippen molar-refractivity contribution < 1.29 is 39.8 Å². The highest BCUT2D eigenvalue weighted by Gasteiger charge is 2.43. The van der Waals surface area contributed by atoms with E-state index < -0.39 is 54.6 Å². The van der Waals surface area contributed by atoms with Gasteiger partial charge in [0.15, 0.2) is 0 Å². The van der Waals surface area contributed by atoms with Crippen LogP contribution in [0.4, 0.5) is 4.79 Å². The van der Waals surface area contributed by atoms with Crippen LogP contribution in [0.15, 0.2) is 0 Å². The Morgan fingerprint density at radius 3 is 1.31 bits per heavy atom. The summed E-state index contributed by atoms with van der Waals surface area (Å²) in [6.07, 6.45) is 37.4. The molecule has 1 fully saturated rings. The normalized spacial score (nSPS) is 20.8. The number of urea groups is 1. The minimum Gasteiger partial charge on any atom is -0.390 e. The van der Waals surface area contributed by atoms with Gasteiger partial charge in [0.05, 0.1) is 37.6 Å². The van der Waals surface area contributed by atoms with Crippen LogP contribution in [0, 0.1) is 5.92 Å². The maximum Gasteiger partial charge on any atom is 0.315 e. The van der Waals surface area contributed by atoms with Gasteiger partial charge in [0.25, 0.3) is 0 Å². The number of ether oxygens (including phenoxy) is 2. The van der Waals surface area contributed by atoms with Gasteiger partial charge >= 0.3 is 6.03 Å². The topological polar surface area (TPSA) is 161 Å². The lowest BCUT2D eigenvalue weighted by molar-refractivity contribution is -0.183. The van der Waals surface area contributed by atoms with Crippen LogP contribution in [-0.4, -0.2) is 101 Å². The van der Waals surface area contributed by atoms with E-state index >= 15 is 0 Å². The van der Waals surface area contributed by atoms with Crippen molar-refractivity contribution in [1.29, 1.82) is 0 Å². The molecule has 2 amide bonds. The predicted octanol–water partition coefficient (Wildman–Crippen LogP) is 11.2. The summed E-state index contributed by atoms with van der Waals surface area (Å²) < 4.78 is 11.2. The lowest BCUT2D eigenvalue weighted by Crippen LogP contribution is -2.57. The average molecular weight is 871 g/mol. The van der Waals surface area contributed by atoms with Crippen LogP contribution in [-0.2, 0) is 9.47 Å². The number of carbonyl (C=O) groups excluding carboxylic acids is 1. The number of nitrogens with one attached hydrogen (secondary N) is 2. The molecule has 1 saturated carbocycles. The molecule has 1 rings (SSSR count). The van der Waals surface area contributed by atoms with Gasteiger partial charge in [-0.15, -0.1) is 0 Å². The molecule has 8 atom stereocenters. The van der Waals surface area contributed by atoms with E-state index in [9.17, 15) is 30.3 Å². The molecule has 10 nitrogen and oxygen atoms in total. The highest BCUT2D eigenvalue weighted by molar-refractivity contribution is 5.74. The third kappa shape index (κ3) is 31.5. The molecule has 7 N–H and O–H groups in total. The molecule has 0 aromatic rings. The summed E-state index contributed by atoms with van der Waals surface area (Å²) in [6.45, 7) is 5.06. The van der Waals surface area contributed by atoms with Crippen LogP contribution in [0.3, 0.4) is 0 Å². The van der Waals surface area contributed by atoms with E-state index in [1.807, 2.05) is 0 Å². The number of methoxy groups -OCH3 is 1. The molecule has 0 aliphatic heterocycles. The van der Waals surface area contributed by atoms with Gasteiger partial charge in [-0.05, 0) is 19.3 Å². The van der Waals surface area contributed by atoms with Crippen molar-refractivity contribution in [2.24, 2.45) is 5.92 Å². The van der Waals surface area contributed by atoms with Crippen molar-refractivity contribution in [2.75, 3.05) is 26.9 Å². The SMILES string of the molecule is CCCCCCCCCCCCCCCCCCCCCCCCNC(=O)N[C@@H](CO[C@H]1C[C@H](COC)[C@H](O)[C@H](O)[C@H]1O)[C@H](O)[C@H](O)CCCCCCCCCCCCCC. The van der Waals surface area contributed by atoms with Crippen LogP contribution < -0.4 is 10.6 Å². The second-order valence-corrected chi connectivity index (χ2v) is 19.0. The first kappa shape index (κ1) is 58.0. The third-order valence-corrected chi connectivity index (χ3v) is 13.3. The molecule has 0 aromatic carbocycles. The van der Waals surface area contributed by atoms with Crippen molar-refractivity contribution in [1.82, 2.24) is 10.6 Å². The molecule has 0 unspecified atom stereocenters. The number of carbonyl (C=O) groups is 1. The van der Waals surface area contributed by atoms with Gasteiger partial charge in [-0.1, -0.05) is 226 Å². The molecule has 1 aliphatic rings. The standard InChI is InChI=1S/C51H102N2O8/c1-4-6-8-10-12-14-16-18-19-20-21-22-23-24-25-26-27-29-31-33-35-37-39-52-51(59)53-44(42-61-46-40-43(41-60-3)47(55)50(58)49(46)57)48(56)45(54)38-36-34-32-30-28-17-15-13-11-9-7-5-2/h43-50,54-58H,4-42H2,1-3H3,(H2,52,53,59)/t43-,44+,45-,46+,47+,48+,49+,50+/m1/s1. The van der Waals surface area contributed by atoms with Crippen molar-refractivity contribution in [3.05, 3.63) is 0 Å². The van der Waals surface area contributed by atoms with Gasteiger partial charge in [0, 0.05) is 19.6 Å². The van der Waals surface area contributed by atoms with Crippen molar-refractivity contribution >= 4 is 6.03 Å². The van der Waals surface area contributed by atoms with E-state index in [-0.39, 0.29) is 19.6 Å². The van der Waals surface area contributed by atoms with Crippen LogP contribution in [0.1, 0.15) is 245 Å². The molecule has 0 saturated heterocycles. The molecule has 0 heterocycles. The first-order valence-corrected chi connectivity index (χ1v) is 26.3. The first-order chi connectivity index (χ1) is 29.8. The number of hydrogen-bond acceptors (Lipinski definition) is 8. The fourth-order valence-electron chi connectivity index (χ4n) is 9.07. The fourth-order valence-corrected chi connectivity index (χ4v) is 9.07. The molecule has 61 heavy (non-hydrogen) atoms. The van der Waals surface area contributed by atoms with E-state index in [2.05, 4.69) is 24.5 Å². The van der Waals surface area contributed by atoms with E-state index in [0.717, 1.165) is 38.5 Å². The van der Waals surface area contributed by atoms with Crippen LogP contribution in [0.5, 0.6) is 0 Å². The molecule has 10 heteroatoms. The molecule has 0 bridgehead atoms. The van der Waals surface area contributed by atoms with Crippen LogP contribution in [0.2, 0.25) is 0 Å². The Kier molecular flexibility index (Phi) is 39.6. The van der Waals surface area contributed by atoms with E-state index in [1.165, 1.54) is 187 Å². The number of aliphatic hydroxyl groups excluding tert-OH is 5. The van der Waals surface area contributed by atoms with Crippen molar-refractivity contribution in [3.8, 4) is 0 Å². The second kappa shape index (κ2) is 41.7. The van der Waals surface area contributed by atoms with Gasteiger partial charge in [-0.2, -0.15) is 0 Å². The van der Waals surface area contributed by atoms with Crippen molar-refractivity contribution in [3.63, 3.8) is 0 Å². The molecular weight excluding hydrogens is 769 g/mol. The molecule has 364 valence electrons. The minimum atomic E-state index is -1.41. The summed E-state index contributed by atoms with van der Waals surface area (Å²) >= 11 is 0. The Labute approximate surface area is 375 Å². The van der Waals surface area contributed by atoms with E-state index in [1.54, 1.807) is 0 Å². The number of amides is 2. The van der Waals surface area contributed by atoms with E-state index in [0.29, 0.717) is 13.0 Å². The summed E-state index contributed by atoms with van der Waals surface area (Å²) in [7, 11) is 1.51. The van der Waals surface area contributed by atoms with Gasteiger partial charge in [0.1, 0.15) is 18.3 Å². The Balaban J connectivity index is 2.30. The minimum absolute atomic E-state index is 0.173. The average Bonchev–Trinajstić information content (AvgIpc) is 3.25. The van der Waals surface area contributed by atoms with Gasteiger partial charge in [-0.3, -0.25) is 0 Å². The summed E-state index contributed by atoms with van der Waals surface area (Å²) in [5.74, 6) is -0.441. The zero-order chi connectivity index (χ0) is 44.6. The Morgan fingerprint density at radius 2 is 0.918 bits per heavy atom. The Hall–Kier alpha value is -1.01. The Bertz CT molecular complexity index is 946. The number of rotatable bonds is 44. The maximum atomic E-state index is 13.0. The zero-order valence-electron chi connectivity index (χ0n) is 40.2. The van der Waals surface area contributed by atoms with E-state index in [4.69, 9.17) is 9.47 Å². The largest absolute Gasteiger partial charge is 0.390 e. The fraction of sp³-hybridized carbons (Fsp3) is 0.980. The van der Waals surface area contributed by atoms with Gasteiger partial charge < -0.3 is 45.6 Å². The van der Waals surface area contributed by atoms with Gasteiger partial charge in [0.2, 0.25) is 0 Å². The van der Waals surface area contributed by atoms with Gasteiger partial charge in [-0.25, -0.2) is 4.79 Å². The molecule has 1 aliphatic carbocycles. The second-order valence-electron chi connectivity index (χ2n) is 19.0. The smallest absolute Gasteiger partial charge is 0.315 e. The maximum absolute atomic E-state index is 13.0. The van der Waals surface area contributed by atoms with Crippen molar-refractivity contribution in [2.45, 2.75) is 288 Å². The van der Waals surface area contributed by atoms with Crippen LogP contribution >= 0.6 is 0 Å². The lowest BCUT2D eigenvalue weighted by atomic mass is 9.81. The molecule has 0 spiro atoms. The summed E-state index contributed by atoms with van der Waals surface area (Å²) in [4.78, 5) is 13.0. The first-order valence-electron chi connectivity index (χ1n) is 26.3. The molecular formula is C51H102N2O8. The summed E-state index contributed by atoms with van der Waals surface area (Å²) in [5, 5.41) is 59.5. The summed E-state index contributed by atoms with van der Waals surface area (Å²) in [6, 6.07) is -1.38. The van der Waals surface area contributed by atoms with Crippen LogP contribution in [0.25, 0.3) is 0 Å². The highest BCUT2D eigenvalue weighted by Crippen LogP contribution is 2.29.